The minimum Gasteiger partial charge on any atom is -0.258 e. The molecule has 0 spiro atoms. The number of nitro groups is 1. The molecular weight excluding hydrogens is 214 g/mol. The maximum Gasteiger partial charge on any atom is 0.290 e. The smallest absolute Gasteiger partial charge is 0.258 e. The number of halogens is 1. The van der Waals surface area contributed by atoms with Crippen molar-refractivity contribution in [3.8, 4) is 0 Å². The van der Waals surface area contributed by atoms with E-state index in [2.05, 4.69) is 10.4 Å². The first-order valence-electron chi connectivity index (χ1n) is 3.24. The van der Waals surface area contributed by atoms with Gasteiger partial charge in [-0.2, -0.15) is 0 Å². The second-order valence-electron chi connectivity index (χ2n) is 2.23. The Morgan fingerprint density at radius 3 is 2.14 bits per heavy atom. The Balaban J connectivity index is 3.44. The number of nitroso groups, excluding NO2 is 2. The SMILES string of the molecule is O=Nc1cc(Cl)c([N+](=O)[O-])cc1N=O. The number of nitro benzene ring substituents is 1. The van der Waals surface area contributed by atoms with Crippen LogP contribution in [0, 0.1) is 19.9 Å². The highest BCUT2D eigenvalue weighted by Crippen LogP contribution is 2.37. The molecule has 0 saturated heterocycles. The van der Waals surface area contributed by atoms with Crippen molar-refractivity contribution in [3.63, 3.8) is 0 Å². The van der Waals surface area contributed by atoms with Crippen LogP contribution in [-0.2, 0) is 0 Å². The average molecular weight is 216 g/mol. The van der Waals surface area contributed by atoms with E-state index < -0.39 is 16.3 Å². The van der Waals surface area contributed by atoms with Gasteiger partial charge in [-0.15, -0.1) is 9.81 Å². The number of nitrogens with zero attached hydrogens (tertiary/aromatic N) is 3. The highest BCUT2D eigenvalue weighted by Gasteiger charge is 2.17. The van der Waals surface area contributed by atoms with Crippen molar-refractivity contribution < 1.29 is 4.92 Å². The minimum atomic E-state index is -0.786. The van der Waals surface area contributed by atoms with Crippen LogP contribution >= 0.6 is 11.6 Å². The van der Waals surface area contributed by atoms with Crippen LogP contribution in [0.2, 0.25) is 5.02 Å². The predicted molar refractivity (Wildman–Crippen MR) is 49.0 cm³/mol. The Labute approximate surface area is 81.8 Å². The number of hydrogen-bond donors (Lipinski definition) is 0. The Kier molecular flexibility index (Phi) is 2.82. The first kappa shape index (κ1) is 10.2. The normalized spacial score (nSPS) is 9.50. The number of rotatable bonds is 3. The predicted octanol–water partition coefficient (Wildman–Crippen LogP) is 3.04. The molecule has 14 heavy (non-hydrogen) atoms. The van der Waals surface area contributed by atoms with Gasteiger partial charge in [0.15, 0.2) is 0 Å². The molecule has 0 unspecified atom stereocenters. The van der Waals surface area contributed by atoms with E-state index in [0.717, 1.165) is 12.1 Å². The van der Waals surface area contributed by atoms with Crippen LogP contribution in [0.4, 0.5) is 17.1 Å². The van der Waals surface area contributed by atoms with E-state index in [-0.39, 0.29) is 10.7 Å². The van der Waals surface area contributed by atoms with Crippen molar-refractivity contribution in [2.75, 3.05) is 0 Å². The summed E-state index contributed by atoms with van der Waals surface area (Å²) in [4.78, 5) is 29.9. The third kappa shape index (κ3) is 1.72. The van der Waals surface area contributed by atoms with Crippen LogP contribution < -0.4 is 0 Å². The van der Waals surface area contributed by atoms with Gasteiger partial charge in [-0.25, -0.2) is 0 Å². The molecule has 1 rings (SSSR count). The molecule has 0 amide bonds. The summed E-state index contributed by atoms with van der Waals surface area (Å²) in [6, 6.07) is 1.72. The lowest BCUT2D eigenvalue weighted by Gasteiger charge is -1.96. The van der Waals surface area contributed by atoms with Crippen molar-refractivity contribution in [3.05, 3.63) is 37.1 Å². The molecule has 0 radical (unpaired) electrons. The van der Waals surface area contributed by atoms with Gasteiger partial charge in [-0.05, 0) is 16.4 Å². The molecular formula is C6H2ClN3O4. The molecule has 0 heterocycles. The van der Waals surface area contributed by atoms with Crippen LogP contribution in [0.3, 0.4) is 0 Å². The molecule has 0 aliphatic rings. The van der Waals surface area contributed by atoms with Crippen LogP contribution in [-0.4, -0.2) is 4.92 Å². The zero-order chi connectivity index (χ0) is 10.7. The van der Waals surface area contributed by atoms with Crippen molar-refractivity contribution in [2.45, 2.75) is 0 Å². The quantitative estimate of drug-likeness (QED) is 0.439. The summed E-state index contributed by atoms with van der Waals surface area (Å²) in [6.45, 7) is 0. The molecule has 0 saturated carbocycles. The summed E-state index contributed by atoms with van der Waals surface area (Å²) in [5.41, 5.74) is -1.22. The Hall–Kier alpha value is -1.89. The van der Waals surface area contributed by atoms with E-state index in [0.29, 0.717) is 0 Å². The first-order chi connectivity index (χ1) is 6.60. The molecule has 0 fully saturated rings. The molecule has 0 N–H and O–H groups in total. The van der Waals surface area contributed by atoms with Gasteiger partial charge in [-0.3, -0.25) is 10.1 Å². The van der Waals surface area contributed by atoms with E-state index >= 15 is 0 Å². The number of hydrogen-bond acceptors (Lipinski definition) is 6. The third-order valence-corrected chi connectivity index (χ3v) is 1.74. The van der Waals surface area contributed by atoms with Crippen molar-refractivity contribution >= 4 is 28.7 Å². The van der Waals surface area contributed by atoms with Gasteiger partial charge in [0, 0.05) is 6.07 Å². The molecule has 0 aromatic heterocycles. The maximum atomic E-state index is 10.4. The van der Waals surface area contributed by atoms with Gasteiger partial charge in [0.2, 0.25) is 0 Å². The van der Waals surface area contributed by atoms with E-state index in [9.17, 15) is 19.9 Å². The molecule has 1 aromatic rings. The summed E-state index contributed by atoms with van der Waals surface area (Å²) in [5, 5.41) is 15.0. The molecule has 72 valence electrons. The van der Waals surface area contributed by atoms with Gasteiger partial charge in [0.1, 0.15) is 16.4 Å². The standard InChI is InChI=1S/C6H2ClN3O4/c7-3-1-4(8-11)5(9-12)2-6(3)10(13)14/h1-2H. The van der Waals surface area contributed by atoms with Crippen molar-refractivity contribution in [2.24, 2.45) is 10.4 Å². The van der Waals surface area contributed by atoms with Gasteiger partial charge in [-0.1, -0.05) is 11.6 Å². The highest BCUT2D eigenvalue weighted by atomic mass is 35.5. The van der Waals surface area contributed by atoms with E-state index in [1.54, 1.807) is 0 Å². The molecule has 0 atom stereocenters. The fourth-order valence-electron chi connectivity index (χ4n) is 0.826. The van der Waals surface area contributed by atoms with Crippen LogP contribution in [0.15, 0.2) is 22.5 Å². The largest absolute Gasteiger partial charge is 0.290 e. The topological polar surface area (TPSA) is 102 Å². The fraction of sp³-hybridized carbons (Fsp3) is 0. The summed E-state index contributed by atoms with van der Waals surface area (Å²) >= 11 is 5.45. The second kappa shape index (κ2) is 3.88. The lowest BCUT2D eigenvalue weighted by Crippen LogP contribution is -1.88. The minimum absolute atomic E-state index is 0.267. The molecule has 0 aliphatic carbocycles. The maximum absolute atomic E-state index is 10.4. The molecule has 7 nitrogen and oxygen atoms in total. The zero-order valence-electron chi connectivity index (χ0n) is 6.51. The lowest BCUT2D eigenvalue weighted by molar-refractivity contribution is -0.384. The van der Waals surface area contributed by atoms with Gasteiger partial charge in [0.05, 0.1) is 4.92 Å². The lowest BCUT2D eigenvalue weighted by atomic mass is 10.2. The van der Waals surface area contributed by atoms with Crippen molar-refractivity contribution in [1.82, 2.24) is 0 Å². The van der Waals surface area contributed by atoms with Gasteiger partial charge < -0.3 is 0 Å². The zero-order valence-corrected chi connectivity index (χ0v) is 7.26. The van der Waals surface area contributed by atoms with E-state index in [1.807, 2.05) is 0 Å². The Morgan fingerprint density at radius 1 is 1.21 bits per heavy atom. The molecule has 0 bridgehead atoms. The fourth-order valence-corrected chi connectivity index (χ4v) is 1.05. The Bertz CT molecular complexity index is 420. The summed E-state index contributed by atoms with van der Waals surface area (Å²) in [7, 11) is 0. The van der Waals surface area contributed by atoms with Crippen molar-refractivity contribution in [1.29, 1.82) is 0 Å². The average Bonchev–Trinajstić information content (AvgIpc) is 2.16. The number of benzene rings is 1. The summed E-state index contributed by atoms with van der Waals surface area (Å²) < 4.78 is 0. The third-order valence-electron chi connectivity index (χ3n) is 1.44. The first-order valence-corrected chi connectivity index (χ1v) is 3.62. The van der Waals surface area contributed by atoms with E-state index in [4.69, 9.17) is 11.6 Å². The van der Waals surface area contributed by atoms with Gasteiger partial charge >= 0.3 is 0 Å². The summed E-state index contributed by atoms with van der Waals surface area (Å²) in [6.07, 6.45) is 0. The highest BCUT2D eigenvalue weighted by molar-refractivity contribution is 6.33. The monoisotopic (exact) mass is 215 g/mol. The van der Waals surface area contributed by atoms with Gasteiger partial charge in [0.25, 0.3) is 5.69 Å². The molecule has 1 aromatic carbocycles. The molecule has 0 aliphatic heterocycles. The van der Waals surface area contributed by atoms with Crippen LogP contribution in [0.5, 0.6) is 0 Å². The van der Waals surface area contributed by atoms with E-state index in [1.165, 1.54) is 0 Å². The Morgan fingerprint density at radius 2 is 1.71 bits per heavy atom. The second-order valence-corrected chi connectivity index (χ2v) is 2.64. The molecule has 8 heteroatoms. The van der Waals surface area contributed by atoms with Crippen LogP contribution in [0.25, 0.3) is 0 Å². The van der Waals surface area contributed by atoms with Crippen LogP contribution in [0.1, 0.15) is 0 Å². The summed E-state index contributed by atoms with van der Waals surface area (Å²) in [5.74, 6) is 0.